The largest absolute Gasteiger partial charge is 0.496 e. The van der Waals surface area contributed by atoms with E-state index in [1.807, 2.05) is 48.1 Å². The third kappa shape index (κ3) is 3.33. The lowest BCUT2D eigenvalue weighted by Gasteiger charge is -2.22. The second-order valence-electron chi connectivity index (χ2n) is 9.20. The van der Waals surface area contributed by atoms with E-state index in [9.17, 15) is 0 Å². The first-order chi connectivity index (χ1) is 18.4. The summed E-state index contributed by atoms with van der Waals surface area (Å²) in [6.07, 6.45) is 1.93. The predicted octanol–water partition coefficient (Wildman–Crippen LogP) is 7.60. The third-order valence-electron chi connectivity index (χ3n) is 6.06. The zero-order valence-corrected chi connectivity index (χ0v) is 19.8. The first-order valence-electron chi connectivity index (χ1n) is 13.4. The van der Waals surface area contributed by atoms with Crippen LogP contribution < -0.4 is 9.30 Å². The number of hydrogen-bond acceptors (Lipinski definition) is 2. The molecular weight excluding hydrogens is 420 g/mol. The van der Waals surface area contributed by atoms with E-state index in [0.29, 0.717) is 16.7 Å². The molecule has 0 radical (unpaired) electrons. The Bertz CT molecular complexity index is 1830. The molecule has 0 spiro atoms. The summed E-state index contributed by atoms with van der Waals surface area (Å²) in [5.41, 5.74) is 3.27. The molecule has 0 amide bonds. The van der Waals surface area contributed by atoms with Crippen LogP contribution in [0.15, 0.2) is 77.2 Å². The first-order valence-corrected chi connectivity index (χ1v) is 10.9. The van der Waals surface area contributed by atoms with Gasteiger partial charge in [-0.05, 0) is 28.7 Å². The van der Waals surface area contributed by atoms with Crippen molar-refractivity contribution in [2.45, 2.75) is 26.2 Å². The molecule has 0 saturated carbocycles. The highest BCUT2D eigenvalue weighted by atomic mass is 16.5. The van der Waals surface area contributed by atoms with Crippen molar-refractivity contribution in [3.05, 3.63) is 89.8 Å². The van der Waals surface area contributed by atoms with Gasteiger partial charge in [-0.3, -0.25) is 0 Å². The Kier molecular flexibility index (Phi) is 3.90. The maximum Gasteiger partial charge on any atom is 0.219 e. The lowest BCUT2D eigenvalue weighted by molar-refractivity contribution is -0.660. The van der Waals surface area contributed by atoms with Gasteiger partial charge in [-0.2, -0.15) is 0 Å². The number of nitrogens with zero attached hydrogens (tertiary/aromatic N) is 2. The smallest absolute Gasteiger partial charge is 0.219 e. The fraction of sp³-hybridized carbons (Fsp3) is 0.200. The Hall–Kier alpha value is -4.10. The molecule has 0 aliphatic heterocycles. The second kappa shape index (κ2) is 8.04. The third-order valence-corrected chi connectivity index (χ3v) is 6.06. The molecule has 0 aliphatic carbocycles. The number of furan rings is 1. The van der Waals surface area contributed by atoms with Crippen molar-refractivity contribution in [2.24, 2.45) is 7.05 Å². The van der Waals surface area contributed by atoms with Gasteiger partial charge < -0.3 is 9.15 Å². The first kappa shape index (κ1) is 16.5. The Morgan fingerprint density at radius 3 is 2.44 bits per heavy atom. The molecular formula is C30H27N2O2+. The summed E-state index contributed by atoms with van der Waals surface area (Å²) in [7, 11) is 3.54. The van der Waals surface area contributed by atoms with Crippen LogP contribution in [0.2, 0.25) is 0 Å². The van der Waals surface area contributed by atoms with Crippen LogP contribution >= 0.6 is 0 Å². The van der Waals surface area contributed by atoms with E-state index in [4.69, 9.17) is 22.6 Å². The molecule has 0 aliphatic rings. The lowest BCUT2D eigenvalue weighted by atomic mass is 9.82. The minimum atomic E-state index is -0.492. The van der Waals surface area contributed by atoms with Crippen molar-refractivity contribution >= 4 is 27.6 Å². The van der Waals surface area contributed by atoms with E-state index < -0.39 is 18.1 Å². The molecule has 0 bridgehead atoms. The topological polar surface area (TPSA) is 30.6 Å². The highest BCUT2D eigenvalue weighted by molar-refractivity contribution is 6.17. The molecule has 168 valence electrons. The molecule has 5 aromatic rings. The monoisotopic (exact) mass is 452 g/mol. The fourth-order valence-corrected chi connectivity index (χ4v) is 4.47. The maximum atomic E-state index is 8.62. The van der Waals surface area contributed by atoms with Gasteiger partial charge in [0.25, 0.3) is 0 Å². The van der Waals surface area contributed by atoms with Crippen LogP contribution in [-0.4, -0.2) is 7.11 Å². The minimum absolute atomic E-state index is 0.0623. The van der Waals surface area contributed by atoms with E-state index in [1.54, 1.807) is 13.2 Å². The van der Waals surface area contributed by atoms with Gasteiger partial charge in [-0.25, -0.2) is 9.41 Å². The molecule has 0 unspecified atom stereocenters. The molecule has 3 aromatic carbocycles. The molecule has 2 aromatic heterocycles. The van der Waals surface area contributed by atoms with Crippen LogP contribution in [0.3, 0.4) is 0 Å². The molecule has 2 heterocycles. The maximum absolute atomic E-state index is 8.62. The lowest BCUT2D eigenvalue weighted by Crippen LogP contribution is -2.30. The summed E-state index contributed by atoms with van der Waals surface area (Å²) in [4.78, 5) is 3.66. The van der Waals surface area contributed by atoms with Crippen molar-refractivity contribution < 1.29 is 20.6 Å². The summed E-state index contributed by atoms with van der Waals surface area (Å²) in [6.45, 7) is 14.1. The summed E-state index contributed by atoms with van der Waals surface area (Å²) in [5, 5.41) is 1.51. The Morgan fingerprint density at radius 1 is 1.03 bits per heavy atom. The Balaban J connectivity index is 2.08. The van der Waals surface area contributed by atoms with E-state index in [2.05, 4.69) is 25.6 Å². The van der Waals surface area contributed by atoms with Gasteiger partial charge in [0.05, 0.1) is 20.5 Å². The van der Waals surface area contributed by atoms with E-state index in [1.165, 1.54) is 0 Å². The number of benzene rings is 3. The number of hydrogen-bond donors (Lipinski definition) is 0. The van der Waals surface area contributed by atoms with Gasteiger partial charge >= 0.3 is 0 Å². The minimum Gasteiger partial charge on any atom is -0.496 e. The van der Waals surface area contributed by atoms with Crippen LogP contribution in [0.4, 0.5) is 5.69 Å². The van der Waals surface area contributed by atoms with Crippen LogP contribution in [-0.2, 0) is 12.5 Å². The van der Waals surface area contributed by atoms with Crippen molar-refractivity contribution in [1.29, 1.82) is 0 Å². The summed E-state index contributed by atoms with van der Waals surface area (Å²) in [6, 6.07) is 9.05. The zero-order valence-electron chi connectivity index (χ0n) is 24.8. The van der Waals surface area contributed by atoms with E-state index in [0.717, 1.165) is 22.2 Å². The van der Waals surface area contributed by atoms with Gasteiger partial charge in [0, 0.05) is 28.5 Å². The van der Waals surface area contributed by atoms with Crippen LogP contribution in [0.25, 0.3) is 49.2 Å². The molecule has 4 nitrogen and oxygen atoms in total. The van der Waals surface area contributed by atoms with Crippen LogP contribution in [0.5, 0.6) is 5.75 Å². The highest BCUT2D eigenvalue weighted by Crippen LogP contribution is 2.49. The number of methoxy groups -OCH3 is 1. The number of pyridine rings is 1. The Labute approximate surface area is 206 Å². The molecule has 4 heteroatoms. The van der Waals surface area contributed by atoms with Gasteiger partial charge in [-0.15, -0.1) is 0 Å². The van der Waals surface area contributed by atoms with Crippen LogP contribution in [0.1, 0.15) is 33.2 Å². The van der Waals surface area contributed by atoms with Gasteiger partial charge in [-0.1, -0.05) is 63.1 Å². The Morgan fingerprint density at radius 2 is 1.79 bits per heavy atom. The zero-order chi connectivity index (χ0) is 28.4. The van der Waals surface area contributed by atoms with Crippen LogP contribution in [0, 0.1) is 6.57 Å². The van der Waals surface area contributed by atoms with Crippen molar-refractivity contribution in [3.63, 3.8) is 0 Å². The number of ether oxygens (including phenoxy) is 1. The summed E-state index contributed by atoms with van der Waals surface area (Å²) in [5.74, 6) is 0.614. The fourth-order valence-electron chi connectivity index (χ4n) is 4.47. The molecule has 0 N–H and O–H groups in total. The number of aromatic nitrogens is 1. The van der Waals surface area contributed by atoms with E-state index in [-0.39, 0.29) is 39.9 Å². The van der Waals surface area contributed by atoms with Gasteiger partial charge in [0.15, 0.2) is 17.5 Å². The average Bonchev–Trinajstić information content (AvgIpc) is 3.29. The molecule has 5 rings (SSSR count). The normalized spacial score (nSPS) is 13.7. The van der Waals surface area contributed by atoms with Crippen molar-refractivity contribution in [3.8, 4) is 28.1 Å². The summed E-state index contributed by atoms with van der Waals surface area (Å²) < 4.78 is 56.2. The van der Waals surface area contributed by atoms with Gasteiger partial charge in [0.1, 0.15) is 23.9 Å². The average molecular weight is 453 g/mol. The number of rotatable bonds is 3. The second-order valence-corrected chi connectivity index (χ2v) is 9.20. The van der Waals surface area contributed by atoms with Crippen molar-refractivity contribution in [1.82, 2.24) is 0 Å². The summed E-state index contributed by atoms with van der Waals surface area (Å²) >= 11 is 0. The standard InChI is InChI=1S/C30H27N2O2/c1-30(2,3)21-18-24(33-6)27(23-14-10-11-17-32(23)5)29-26(21)20-15-16-22(31-4)25(28(20)34-29)19-12-8-7-9-13-19/h7-18H,1-3,5-6H3/q+1/i7D,8D,9D,12D,13D. The van der Waals surface area contributed by atoms with Gasteiger partial charge in [0.2, 0.25) is 5.69 Å². The van der Waals surface area contributed by atoms with E-state index >= 15 is 0 Å². The molecule has 0 atom stereocenters. The number of aryl methyl sites for hydroxylation is 1. The quantitative estimate of drug-likeness (QED) is 0.208. The van der Waals surface area contributed by atoms with Crippen molar-refractivity contribution in [2.75, 3.05) is 7.11 Å². The molecule has 0 saturated heterocycles. The molecule has 34 heavy (non-hydrogen) atoms. The highest BCUT2D eigenvalue weighted by Gasteiger charge is 2.30. The number of fused-ring (bicyclic) bond motifs is 3. The molecule has 0 fully saturated rings. The SMILES string of the molecule is [2H]c1c([2H])c([2H])c(-c2c([N+]#[C-])ccc3c2oc2c(-c4cccc[n+]4C)c(OC)cc(C(C)(C)C)c23)c([2H])c1[2H]. The predicted molar refractivity (Wildman–Crippen MR) is 137 cm³/mol.